The van der Waals surface area contributed by atoms with Crippen LogP contribution in [0.1, 0.15) is 17.0 Å². The summed E-state index contributed by atoms with van der Waals surface area (Å²) in [5.41, 5.74) is 5.77. The third kappa shape index (κ3) is 5.81. The number of hydrogen-bond acceptors (Lipinski definition) is 4. The molecule has 7 nitrogen and oxygen atoms in total. The highest BCUT2D eigenvalue weighted by Gasteiger charge is 2.29. The van der Waals surface area contributed by atoms with Gasteiger partial charge in [0, 0.05) is 27.1 Å². The van der Waals surface area contributed by atoms with Gasteiger partial charge in [0.15, 0.2) is 0 Å². The van der Waals surface area contributed by atoms with E-state index in [4.69, 9.17) is 0 Å². The first-order valence-corrected chi connectivity index (χ1v) is 13.5. The fourth-order valence-electron chi connectivity index (χ4n) is 3.94. The Balaban J connectivity index is 1.56. The molecule has 0 bridgehead atoms. The molecule has 1 N–H and O–H groups in total. The second-order valence-corrected chi connectivity index (χ2v) is 11.0. The van der Waals surface area contributed by atoms with Crippen LogP contribution in [0.4, 0.5) is 10.1 Å². The molecule has 10 heteroatoms. The summed E-state index contributed by atoms with van der Waals surface area (Å²) in [5.74, 6) is -1.49. The minimum absolute atomic E-state index is 0.0606. The zero-order valence-corrected chi connectivity index (χ0v) is 22.5. The Morgan fingerprint density at radius 1 is 1.03 bits per heavy atom. The van der Waals surface area contributed by atoms with Crippen molar-refractivity contribution in [2.45, 2.75) is 18.7 Å². The lowest BCUT2D eigenvalue weighted by Gasteiger charge is -2.24. The van der Waals surface area contributed by atoms with Gasteiger partial charge in [-0.05, 0) is 62.4 Å². The molecule has 0 saturated carbocycles. The largest absolute Gasteiger partial charge is 0.318 e. The molecule has 0 unspecified atom stereocenters. The van der Waals surface area contributed by atoms with Gasteiger partial charge in [-0.25, -0.2) is 18.2 Å². The van der Waals surface area contributed by atoms with E-state index in [1.807, 2.05) is 44.2 Å². The topological polar surface area (TPSA) is 83.8 Å². The standard InChI is InChI=1S/C27H24BrFN4O3S/c1-19-15-21(20(2)33(19)23-10-8-9-22(28)16-23)17-30-31-27(34)18-32(26-14-7-6-13-25(26)29)37(35,36)24-11-4-3-5-12-24/h3-17H,18H2,1-2H3,(H,31,34)/b30-17-. The molecule has 190 valence electrons. The number of benzene rings is 3. The Morgan fingerprint density at radius 3 is 2.43 bits per heavy atom. The minimum atomic E-state index is -4.22. The highest BCUT2D eigenvalue weighted by molar-refractivity contribution is 9.10. The predicted octanol–water partition coefficient (Wildman–Crippen LogP) is 5.34. The molecule has 0 fully saturated rings. The number of sulfonamides is 1. The van der Waals surface area contributed by atoms with Crippen molar-refractivity contribution in [2.75, 3.05) is 10.8 Å². The molecular formula is C27H24BrFN4O3S. The summed E-state index contributed by atoms with van der Waals surface area (Å²) in [6.45, 7) is 3.24. The second-order valence-electron chi connectivity index (χ2n) is 8.21. The van der Waals surface area contributed by atoms with Gasteiger partial charge in [0.2, 0.25) is 0 Å². The Morgan fingerprint density at radius 2 is 1.73 bits per heavy atom. The molecule has 1 aromatic heterocycles. The molecule has 37 heavy (non-hydrogen) atoms. The lowest BCUT2D eigenvalue weighted by molar-refractivity contribution is -0.119. The predicted molar refractivity (Wildman–Crippen MR) is 146 cm³/mol. The number of halogens is 2. The summed E-state index contributed by atoms with van der Waals surface area (Å²) in [7, 11) is -4.22. The lowest BCUT2D eigenvalue weighted by Crippen LogP contribution is -2.40. The van der Waals surface area contributed by atoms with E-state index in [9.17, 15) is 17.6 Å². The van der Waals surface area contributed by atoms with Gasteiger partial charge in [0.25, 0.3) is 15.9 Å². The number of nitrogens with zero attached hydrogens (tertiary/aromatic N) is 3. The number of aryl methyl sites for hydroxylation is 1. The van der Waals surface area contributed by atoms with E-state index in [0.717, 1.165) is 37.5 Å². The van der Waals surface area contributed by atoms with Crippen LogP contribution in [0.5, 0.6) is 0 Å². The van der Waals surface area contributed by atoms with Gasteiger partial charge in [-0.3, -0.25) is 9.10 Å². The molecule has 4 aromatic rings. The summed E-state index contributed by atoms with van der Waals surface area (Å²) in [6, 6.07) is 22.7. The first-order chi connectivity index (χ1) is 17.7. The number of carbonyl (C=O) groups excluding carboxylic acids is 1. The SMILES string of the molecule is Cc1cc(/C=N\NC(=O)CN(c2ccccc2F)S(=O)(=O)c2ccccc2)c(C)n1-c1cccc(Br)c1. The summed E-state index contributed by atoms with van der Waals surface area (Å²) in [5, 5.41) is 4.03. The first-order valence-electron chi connectivity index (χ1n) is 11.3. The number of anilines is 1. The minimum Gasteiger partial charge on any atom is -0.318 e. The lowest BCUT2D eigenvalue weighted by atomic mass is 10.2. The van der Waals surface area contributed by atoms with Gasteiger partial charge in [-0.1, -0.05) is 52.3 Å². The number of hydrazone groups is 1. The van der Waals surface area contributed by atoms with E-state index < -0.39 is 28.3 Å². The van der Waals surface area contributed by atoms with E-state index in [1.165, 1.54) is 36.5 Å². The second kappa shape index (κ2) is 11.1. The monoisotopic (exact) mass is 582 g/mol. The zero-order chi connectivity index (χ0) is 26.6. The number of aromatic nitrogens is 1. The molecule has 0 aliphatic rings. The number of hydrogen-bond donors (Lipinski definition) is 1. The Bertz CT molecular complexity index is 1570. The summed E-state index contributed by atoms with van der Waals surface area (Å²) in [4.78, 5) is 12.7. The van der Waals surface area contributed by atoms with Crippen LogP contribution in [0.15, 0.2) is 99.4 Å². The van der Waals surface area contributed by atoms with Crippen LogP contribution in [0.25, 0.3) is 5.69 Å². The van der Waals surface area contributed by atoms with Crippen molar-refractivity contribution in [3.63, 3.8) is 0 Å². The molecular weight excluding hydrogens is 559 g/mol. The average molecular weight is 583 g/mol. The number of rotatable bonds is 8. The smallest absolute Gasteiger partial charge is 0.264 e. The van der Waals surface area contributed by atoms with Gasteiger partial charge < -0.3 is 4.57 Å². The van der Waals surface area contributed by atoms with E-state index in [-0.39, 0.29) is 10.6 Å². The molecule has 0 saturated heterocycles. The summed E-state index contributed by atoms with van der Waals surface area (Å²) >= 11 is 3.49. The van der Waals surface area contributed by atoms with Crippen LogP contribution in [0.3, 0.4) is 0 Å². The van der Waals surface area contributed by atoms with Crippen molar-refractivity contribution < 1.29 is 17.6 Å². The van der Waals surface area contributed by atoms with Gasteiger partial charge in [0.1, 0.15) is 12.4 Å². The van der Waals surface area contributed by atoms with Gasteiger partial charge in [-0.15, -0.1) is 0 Å². The highest BCUT2D eigenvalue weighted by atomic mass is 79.9. The molecule has 0 aliphatic carbocycles. The van der Waals surface area contributed by atoms with Crippen molar-refractivity contribution >= 4 is 43.8 Å². The highest BCUT2D eigenvalue weighted by Crippen LogP contribution is 2.26. The number of amides is 1. The fourth-order valence-corrected chi connectivity index (χ4v) is 5.78. The van der Waals surface area contributed by atoms with Crippen LogP contribution in [-0.4, -0.2) is 31.7 Å². The molecule has 1 heterocycles. The fraction of sp³-hybridized carbons (Fsp3) is 0.111. The Kier molecular flexibility index (Phi) is 7.89. The quantitative estimate of drug-likeness (QED) is 0.225. The summed E-state index contributed by atoms with van der Waals surface area (Å²) < 4.78 is 44.9. The normalized spacial score (nSPS) is 11.6. The van der Waals surface area contributed by atoms with Crippen LogP contribution in [0.2, 0.25) is 0 Å². The van der Waals surface area contributed by atoms with Crippen LogP contribution in [0, 0.1) is 19.7 Å². The van der Waals surface area contributed by atoms with E-state index in [1.54, 1.807) is 18.2 Å². The molecule has 0 aliphatic heterocycles. The molecule has 3 aromatic carbocycles. The zero-order valence-electron chi connectivity index (χ0n) is 20.1. The van der Waals surface area contributed by atoms with Crippen molar-refractivity contribution in [2.24, 2.45) is 5.10 Å². The number of para-hydroxylation sites is 1. The van der Waals surface area contributed by atoms with Crippen LogP contribution >= 0.6 is 15.9 Å². The van der Waals surface area contributed by atoms with E-state index in [2.05, 4.69) is 31.0 Å². The maximum absolute atomic E-state index is 14.6. The molecule has 0 spiro atoms. The molecule has 1 amide bonds. The van der Waals surface area contributed by atoms with E-state index >= 15 is 0 Å². The third-order valence-electron chi connectivity index (χ3n) is 5.67. The Labute approximate surface area is 223 Å². The van der Waals surface area contributed by atoms with Crippen molar-refractivity contribution in [1.82, 2.24) is 9.99 Å². The van der Waals surface area contributed by atoms with Crippen molar-refractivity contribution in [3.8, 4) is 5.69 Å². The maximum atomic E-state index is 14.6. The maximum Gasteiger partial charge on any atom is 0.264 e. The van der Waals surface area contributed by atoms with Crippen LogP contribution < -0.4 is 9.73 Å². The van der Waals surface area contributed by atoms with Gasteiger partial charge in [-0.2, -0.15) is 5.10 Å². The van der Waals surface area contributed by atoms with Crippen molar-refractivity contribution in [1.29, 1.82) is 0 Å². The number of carbonyl (C=O) groups is 1. The van der Waals surface area contributed by atoms with E-state index in [0.29, 0.717) is 0 Å². The van der Waals surface area contributed by atoms with Gasteiger partial charge in [0.05, 0.1) is 16.8 Å². The third-order valence-corrected chi connectivity index (χ3v) is 7.94. The van der Waals surface area contributed by atoms with Gasteiger partial charge >= 0.3 is 0 Å². The molecule has 0 atom stereocenters. The summed E-state index contributed by atoms with van der Waals surface area (Å²) in [6.07, 6.45) is 1.49. The van der Waals surface area contributed by atoms with Crippen molar-refractivity contribution in [3.05, 3.63) is 112 Å². The molecule has 0 radical (unpaired) electrons. The Hall–Kier alpha value is -3.76. The average Bonchev–Trinajstić information content (AvgIpc) is 3.16. The molecule has 4 rings (SSSR count). The van der Waals surface area contributed by atoms with Crippen LogP contribution in [-0.2, 0) is 14.8 Å². The first kappa shape index (κ1) is 26.3. The number of nitrogens with one attached hydrogen (secondary N) is 1.